The van der Waals surface area contributed by atoms with Crippen LogP contribution in [0.1, 0.15) is 19.4 Å². The minimum Gasteiger partial charge on any atom is -0.395 e. The molecule has 0 atom stereocenters. The fourth-order valence-corrected chi connectivity index (χ4v) is 2.08. The summed E-state index contributed by atoms with van der Waals surface area (Å²) in [7, 11) is 1.92. The van der Waals surface area contributed by atoms with Crippen LogP contribution in [0.2, 0.25) is 5.02 Å². The molecule has 0 aliphatic heterocycles. The Hall–Kier alpha value is -0.770. The van der Waals surface area contributed by atoms with Gasteiger partial charge in [0.05, 0.1) is 6.61 Å². The van der Waals surface area contributed by atoms with Crippen LogP contribution in [0.3, 0.4) is 0 Å². The highest BCUT2D eigenvalue weighted by Gasteiger charge is 2.14. The van der Waals surface area contributed by atoms with Gasteiger partial charge in [-0.25, -0.2) is 0 Å². The number of rotatable bonds is 6. The molecule has 0 amide bonds. The number of nitrogens with zero attached hydrogens (tertiary/aromatic N) is 1. The molecule has 0 bridgehead atoms. The van der Waals surface area contributed by atoms with Crippen LogP contribution in [0, 0.1) is 0 Å². The number of aliphatic hydroxyl groups excluding tert-OH is 1. The average molecular weight is 257 g/mol. The van der Waals surface area contributed by atoms with E-state index in [1.165, 1.54) is 5.56 Å². The second-order valence-electron chi connectivity index (χ2n) is 4.31. The standard InChI is InChI=1S/C13H21ClN2O/c1-10(2)16(6-7-17)13-8-12(14)5-4-11(13)9-15-3/h4-5,8,10,15,17H,6-7,9H2,1-3H3. The molecule has 0 heterocycles. The summed E-state index contributed by atoms with van der Waals surface area (Å²) in [6, 6.07) is 6.22. The van der Waals surface area contributed by atoms with Crippen LogP contribution >= 0.6 is 11.6 Å². The Morgan fingerprint density at radius 1 is 1.41 bits per heavy atom. The molecular formula is C13H21ClN2O. The summed E-state index contributed by atoms with van der Waals surface area (Å²) in [5, 5.41) is 13.0. The van der Waals surface area contributed by atoms with E-state index < -0.39 is 0 Å². The number of hydrogen-bond acceptors (Lipinski definition) is 3. The van der Waals surface area contributed by atoms with Crippen LogP contribution in [0.5, 0.6) is 0 Å². The summed E-state index contributed by atoms with van der Waals surface area (Å²) in [6.07, 6.45) is 0. The van der Waals surface area contributed by atoms with Crippen molar-refractivity contribution in [2.75, 3.05) is 25.1 Å². The highest BCUT2D eigenvalue weighted by atomic mass is 35.5. The van der Waals surface area contributed by atoms with Gasteiger partial charge in [0, 0.05) is 29.8 Å². The third kappa shape index (κ3) is 3.87. The molecule has 0 unspecified atom stereocenters. The Kier molecular flexibility index (Phi) is 5.75. The monoisotopic (exact) mass is 256 g/mol. The first-order valence-corrected chi connectivity index (χ1v) is 6.28. The first-order valence-electron chi connectivity index (χ1n) is 5.90. The quantitative estimate of drug-likeness (QED) is 0.820. The largest absolute Gasteiger partial charge is 0.395 e. The van der Waals surface area contributed by atoms with Crippen molar-refractivity contribution in [3.63, 3.8) is 0 Å². The molecule has 1 aromatic rings. The van der Waals surface area contributed by atoms with E-state index in [1.54, 1.807) is 0 Å². The molecule has 0 saturated carbocycles. The molecule has 0 fully saturated rings. The Morgan fingerprint density at radius 2 is 2.12 bits per heavy atom. The molecule has 2 N–H and O–H groups in total. The lowest BCUT2D eigenvalue weighted by Gasteiger charge is -2.30. The van der Waals surface area contributed by atoms with Crippen LogP contribution in [0.15, 0.2) is 18.2 Å². The summed E-state index contributed by atoms with van der Waals surface area (Å²) in [5.41, 5.74) is 2.29. The molecule has 0 aliphatic rings. The van der Waals surface area contributed by atoms with Crippen molar-refractivity contribution in [3.8, 4) is 0 Å². The van der Waals surface area contributed by atoms with Gasteiger partial charge in [0.25, 0.3) is 0 Å². The van der Waals surface area contributed by atoms with Crippen LogP contribution in [-0.2, 0) is 6.54 Å². The van der Waals surface area contributed by atoms with E-state index in [9.17, 15) is 0 Å². The fourth-order valence-electron chi connectivity index (χ4n) is 1.91. The predicted octanol–water partition coefficient (Wildman–Crippen LogP) is 2.27. The van der Waals surface area contributed by atoms with E-state index >= 15 is 0 Å². The lowest BCUT2D eigenvalue weighted by Crippen LogP contribution is -2.34. The Bertz CT molecular complexity index is 355. The maximum absolute atomic E-state index is 9.15. The summed E-state index contributed by atoms with van der Waals surface area (Å²) in [5.74, 6) is 0. The first-order chi connectivity index (χ1) is 8.10. The Balaban J connectivity index is 3.09. The molecule has 0 aromatic heterocycles. The third-order valence-corrected chi connectivity index (χ3v) is 2.92. The van der Waals surface area contributed by atoms with Gasteiger partial charge in [0.1, 0.15) is 0 Å². The Labute approximate surface area is 108 Å². The van der Waals surface area contributed by atoms with E-state index in [4.69, 9.17) is 16.7 Å². The van der Waals surface area contributed by atoms with E-state index in [0.717, 1.165) is 17.3 Å². The van der Waals surface area contributed by atoms with Gasteiger partial charge in [-0.2, -0.15) is 0 Å². The van der Waals surface area contributed by atoms with Gasteiger partial charge in [0.15, 0.2) is 0 Å². The number of hydrogen-bond donors (Lipinski definition) is 2. The highest BCUT2D eigenvalue weighted by Crippen LogP contribution is 2.26. The maximum atomic E-state index is 9.15. The number of benzene rings is 1. The second-order valence-corrected chi connectivity index (χ2v) is 4.75. The molecule has 0 saturated heterocycles. The molecule has 3 nitrogen and oxygen atoms in total. The summed E-state index contributed by atoms with van der Waals surface area (Å²) < 4.78 is 0. The summed E-state index contributed by atoms with van der Waals surface area (Å²) in [6.45, 7) is 5.78. The van der Waals surface area contributed by atoms with Crippen molar-refractivity contribution in [3.05, 3.63) is 28.8 Å². The minimum atomic E-state index is 0.143. The van der Waals surface area contributed by atoms with Gasteiger partial charge >= 0.3 is 0 Å². The molecule has 96 valence electrons. The van der Waals surface area contributed by atoms with Crippen molar-refractivity contribution in [2.24, 2.45) is 0 Å². The Morgan fingerprint density at radius 3 is 2.65 bits per heavy atom. The normalized spacial score (nSPS) is 10.9. The second kappa shape index (κ2) is 6.84. The minimum absolute atomic E-state index is 0.143. The van der Waals surface area contributed by atoms with Crippen LogP contribution < -0.4 is 10.2 Å². The molecule has 0 spiro atoms. The van der Waals surface area contributed by atoms with Crippen LogP contribution in [0.4, 0.5) is 5.69 Å². The average Bonchev–Trinajstić information content (AvgIpc) is 2.28. The van der Waals surface area contributed by atoms with Gasteiger partial charge in [0.2, 0.25) is 0 Å². The van der Waals surface area contributed by atoms with E-state index in [2.05, 4.69) is 24.1 Å². The third-order valence-electron chi connectivity index (χ3n) is 2.69. The topological polar surface area (TPSA) is 35.5 Å². The van der Waals surface area contributed by atoms with Gasteiger partial charge in [-0.15, -0.1) is 0 Å². The molecule has 1 rings (SSSR count). The maximum Gasteiger partial charge on any atom is 0.0606 e. The smallest absolute Gasteiger partial charge is 0.0606 e. The molecule has 1 aromatic carbocycles. The number of anilines is 1. The molecule has 4 heteroatoms. The van der Waals surface area contributed by atoms with E-state index in [-0.39, 0.29) is 6.61 Å². The lowest BCUT2D eigenvalue weighted by atomic mass is 10.1. The molecule has 0 radical (unpaired) electrons. The van der Waals surface area contributed by atoms with Crippen molar-refractivity contribution < 1.29 is 5.11 Å². The molecule has 17 heavy (non-hydrogen) atoms. The van der Waals surface area contributed by atoms with Gasteiger partial charge < -0.3 is 15.3 Å². The van der Waals surface area contributed by atoms with Gasteiger partial charge in [-0.05, 0) is 38.6 Å². The van der Waals surface area contributed by atoms with Crippen molar-refractivity contribution in [1.82, 2.24) is 5.32 Å². The SMILES string of the molecule is CNCc1ccc(Cl)cc1N(CCO)C(C)C. The van der Waals surface area contributed by atoms with Crippen molar-refractivity contribution in [1.29, 1.82) is 0 Å². The van der Waals surface area contributed by atoms with Crippen molar-refractivity contribution in [2.45, 2.75) is 26.4 Å². The zero-order valence-corrected chi connectivity index (χ0v) is 11.5. The zero-order valence-electron chi connectivity index (χ0n) is 10.7. The number of nitrogens with one attached hydrogen (secondary N) is 1. The lowest BCUT2D eigenvalue weighted by molar-refractivity contribution is 0.299. The van der Waals surface area contributed by atoms with E-state index in [0.29, 0.717) is 12.6 Å². The van der Waals surface area contributed by atoms with E-state index in [1.807, 2.05) is 25.2 Å². The summed E-state index contributed by atoms with van der Waals surface area (Å²) in [4.78, 5) is 2.17. The van der Waals surface area contributed by atoms with Crippen LogP contribution in [-0.4, -0.2) is 31.3 Å². The number of aliphatic hydroxyl groups is 1. The van der Waals surface area contributed by atoms with Gasteiger partial charge in [-0.1, -0.05) is 17.7 Å². The van der Waals surface area contributed by atoms with Gasteiger partial charge in [-0.3, -0.25) is 0 Å². The molecular weight excluding hydrogens is 236 g/mol. The number of halogens is 1. The summed E-state index contributed by atoms with van der Waals surface area (Å²) >= 11 is 6.06. The van der Waals surface area contributed by atoms with Crippen LogP contribution in [0.25, 0.3) is 0 Å². The van der Waals surface area contributed by atoms with Crippen molar-refractivity contribution >= 4 is 17.3 Å². The fraction of sp³-hybridized carbons (Fsp3) is 0.538. The predicted molar refractivity (Wildman–Crippen MR) is 73.8 cm³/mol. The first kappa shape index (κ1) is 14.3. The zero-order chi connectivity index (χ0) is 12.8. The highest BCUT2D eigenvalue weighted by molar-refractivity contribution is 6.30. The molecule has 0 aliphatic carbocycles.